The van der Waals surface area contributed by atoms with Crippen molar-refractivity contribution in [1.82, 2.24) is 4.90 Å². The maximum Gasteiger partial charge on any atom is 0.410 e. The summed E-state index contributed by atoms with van der Waals surface area (Å²) in [5, 5.41) is 2.28. The van der Waals surface area contributed by atoms with E-state index in [-0.39, 0.29) is 11.7 Å². The fourth-order valence-electron chi connectivity index (χ4n) is 2.03. The molecule has 0 aromatic heterocycles. The van der Waals surface area contributed by atoms with Crippen LogP contribution in [0.25, 0.3) is 0 Å². The highest BCUT2D eigenvalue weighted by Crippen LogP contribution is 2.31. The molecule has 1 amide bonds. The molecule has 2 fully saturated rings. The average molecular weight is 199 g/mol. The number of amides is 1. The number of rotatable bonds is 0. The number of nitrogens with two attached hydrogens (primary N) is 1. The first kappa shape index (κ1) is 9.77. The standard InChI is InChI=1S/C10H18N2O2/c1-9(2,3)14-8(13)12-6-10(7-12)4-11-5-10/h11H,4-7H2,1-3H3/p+1. The molecule has 0 atom stereocenters. The van der Waals surface area contributed by atoms with Gasteiger partial charge in [0.15, 0.2) is 0 Å². The van der Waals surface area contributed by atoms with E-state index in [4.69, 9.17) is 4.74 Å². The monoisotopic (exact) mass is 199 g/mol. The van der Waals surface area contributed by atoms with E-state index in [1.54, 1.807) is 4.90 Å². The van der Waals surface area contributed by atoms with Crippen molar-refractivity contribution in [2.75, 3.05) is 26.2 Å². The second-order valence-electron chi connectivity index (χ2n) is 5.53. The molecule has 2 aliphatic heterocycles. The molecule has 2 N–H and O–H groups in total. The zero-order valence-electron chi connectivity index (χ0n) is 9.17. The Balaban J connectivity index is 1.79. The number of carbonyl (C=O) groups excluding carboxylic acids is 1. The summed E-state index contributed by atoms with van der Waals surface area (Å²) >= 11 is 0. The van der Waals surface area contributed by atoms with Crippen molar-refractivity contribution in [3.8, 4) is 0 Å². The molecule has 2 heterocycles. The summed E-state index contributed by atoms with van der Waals surface area (Å²) in [6.45, 7) is 9.82. The molecule has 80 valence electrons. The lowest BCUT2D eigenvalue weighted by molar-refractivity contribution is -0.747. The second-order valence-corrected chi connectivity index (χ2v) is 5.53. The summed E-state index contributed by atoms with van der Waals surface area (Å²) in [4.78, 5) is 13.4. The summed E-state index contributed by atoms with van der Waals surface area (Å²) in [5.41, 5.74) is 0.0719. The van der Waals surface area contributed by atoms with Gasteiger partial charge in [0.2, 0.25) is 0 Å². The third kappa shape index (κ3) is 1.71. The van der Waals surface area contributed by atoms with Crippen molar-refractivity contribution >= 4 is 6.09 Å². The fraction of sp³-hybridized carbons (Fsp3) is 0.900. The largest absolute Gasteiger partial charge is 0.444 e. The summed E-state index contributed by atoms with van der Waals surface area (Å²) in [7, 11) is 0. The molecule has 14 heavy (non-hydrogen) atoms. The smallest absolute Gasteiger partial charge is 0.410 e. The Hall–Kier alpha value is -0.770. The molecule has 2 saturated heterocycles. The van der Waals surface area contributed by atoms with Crippen molar-refractivity contribution in [1.29, 1.82) is 0 Å². The number of hydrogen-bond acceptors (Lipinski definition) is 2. The number of nitrogens with zero attached hydrogens (tertiary/aromatic N) is 1. The van der Waals surface area contributed by atoms with Crippen LogP contribution < -0.4 is 5.32 Å². The lowest BCUT2D eigenvalue weighted by Gasteiger charge is -2.52. The van der Waals surface area contributed by atoms with Gasteiger partial charge in [-0.3, -0.25) is 0 Å². The van der Waals surface area contributed by atoms with Gasteiger partial charge in [-0.05, 0) is 20.8 Å². The number of carbonyl (C=O) groups is 1. The Labute approximate surface area is 84.6 Å². The molecule has 0 unspecified atom stereocenters. The van der Waals surface area contributed by atoms with Gasteiger partial charge in [0, 0.05) is 13.1 Å². The van der Waals surface area contributed by atoms with Gasteiger partial charge in [-0.25, -0.2) is 4.79 Å². The molecule has 0 aliphatic carbocycles. The van der Waals surface area contributed by atoms with E-state index < -0.39 is 0 Å². The van der Waals surface area contributed by atoms with Crippen LogP contribution in [0.2, 0.25) is 0 Å². The number of ether oxygens (including phenoxy) is 1. The molecular formula is C10H19N2O2+. The summed E-state index contributed by atoms with van der Waals surface area (Å²) in [5.74, 6) is 0. The predicted octanol–water partition coefficient (Wildman–Crippen LogP) is -0.199. The molecule has 4 heteroatoms. The predicted molar refractivity (Wildman–Crippen MR) is 51.9 cm³/mol. The maximum absolute atomic E-state index is 11.6. The SMILES string of the molecule is CC(C)(C)OC(=O)N1CC2(C[NH2+]C2)C1. The van der Waals surface area contributed by atoms with E-state index in [0.717, 1.165) is 13.1 Å². The van der Waals surface area contributed by atoms with Crippen LogP contribution in [-0.4, -0.2) is 42.8 Å². The van der Waals surface area contributed by atoms with E-state index >= 15 is 0 Å². The van der Waals surface area contributed by atoms with Crippen molar-refractivity contribution in [2.24, 2.45) is 5.41 Å². The van der Waals surface area contributed by atoms with E-state index in [2.05, 4.69) is 5.32 Å². The Morgan fingerprint density at radius 2 is 1.93 bits per heavy atom. The minimum atomic E-state index is -0.369. The van der Waals surface area contributed by atoms with Crippen molar-refractivity contribution in [3.05, 3.63) is 0 Å². The number of likely N-dealkylation sites (tertiary alicyclic amines) is 1. The third-order valence-electron chi connectivity index (χ3n) is 2.86. The van der Waals surface area contributed by atoms with Gasteiger partial charge in [0.25, 0.3) is 0 Å². The highest BCUT2D eigenvalue weighted by Gasteiger charge is 2.54. The van der Waals surface area contributed by atoms with Gasteiger partial charge >= 0.3 is 6.09 Å². The summed E-state index contributed by atoms with van der Waals surface area (Å²) in [6.07, 6.45) is -0.157. The molecule has 2 rings (SSSR count). The van der Waals surface area contributed by atoms with E-state index in [9.17, 15) is 4.79 Å². The van der Waals surface area contributed by atoms with Crippen LogP contribution >= 0.6 is 0 Å². The van der Waals surface area contributed by atoms with Crippen molar-refractivity contribution < 1.29 is 14.8 Å². The topological polar surface area (TPSA) is 46.1 Å². The molecule has 0 bridgehead atoms. The minimum Gasteiger partial charge on any atom is -0.444 e. The second kappa shape index (κ2) is 2.86. The van der Waals surface area contributed by atoms with Gasteiger partial charge in [0.05, 0.1) is 13.1 Å². The normalized spacial score (nSPS) is 24.1. The number of hydrogen-bond donors (Lipinski definition) is 1. The van der Waals surface area contributed by atoms with Crippen LogP contribution in [0.15, 0.2) is 0 Å². The van der Waals surface area contributed by atoms with Gasteiger partial charge < -0.3 is 15.0 Å². The minimum absolute atomic E-state index is 0.157. The highest BCUT2D eigenvalue weighted by atomic mass is 16.6. The lowest BCUT2D eigenvalue weighted by Crippen LogP contribution is -3.04. The van der Waals surface area contributed by atoms with Crippen molar-refractivity contribution in [3.63, 3.8) is 0 Å². The van der Waals surface area contributed by atoms with Crippen LogP contribution in [-0.2, 0) is 4.74 Å². The van der Waals surface area contributed by atoms with Gasteiger partial charge in [-0.1, -0.05) is 0 Å². The van der Waals surface area contributed by atoms with Crippen LogP contribution in [0.5, 0.6) is 0 Å². The van der Waals surface area contributed by atoms with Crippen molar-refractivity contribution in [2.45, 2.75) is 26.4 Å². The first-order valence-corrected chi connectivity index (χ1v) is 5.20. The Bertz CT molecular complexity index is 245. The molecule has 2 aliphatic rings. The molecular weight excluding hydrogens is 180 g/mol. The highest BCUT2D eigenvalue weighted by molar-refractivity contribution is 5.69. The average Bonchev–Trinajstić information content (AvgIpc) is 1.74. The fourth-order valence-corrected chi connectivity index (χ4v) is 2.03. The van der Waals surface area contributed by atoms with Crippen LogP contribution in [0.3, 0.4) is 0 Å². The summed E-state index contributed by atoms with van der Waals surface area (Å²) in [6, 6.07) is 0. The molecule has 1 spiro atoms. The molecule has 0 aromatic carbocycles. The van der Waals surface area contributed by atoms with Crippen LogP contribution in [0, 0.1) is 5.41 Å². The van der Waals surface area contributed by atoms with Crippen LogP contribution in [0.4, 0.5) is 4.79 Å². The zero-order valence-corrected chi connectivity index (χ0v) is 9.17. The Morgan fingerprint density at radius 3 is 2.29 bits per heavy atom. The quantitative estimate of drug-likeness (QED) is 0.587. The third-order valence-corrected chi connectivity index (χ3v) is 2.86. The van der Waals surface area contributed by atoms with Crippen LogP contribution in [0.1, 0.15) is 20.8 Å². The maximum atomic E-state index is 11.6. The zero-order chi connectivity index (χ0) is 10.4. The van der Waals surface area contributed by atoms with E-state index in [1.807, 2.05) is 20.8 Å². The number of quaternary nitrogens is 1. The van der Waals surface area contributed by atoms with E-state index in [0.29, 0.717) is 5.41 Å². The van der Waals surface area contributed by atoms with E-state index in [1.165, 1.54) is 13.1 Å². The molecule has 0 saturated carbocycles. The summed E-state index contributed by atoms with van der Waals surface area (Å²) < 4.78 is 5.28. The van der Waals surface area contributed by atoms with Gasteiger partial charge in [0.1, 0.15) is 11.0 Å². The molecule has 0 radical (unpaired) electrons. The lowest BCUT2D eigenvalue weighted by atomic mass is 9.75. The first-order chi connectivity index (χ1) is 6.40. The molecule has 0 aromatic rings. The molecule has 4 nitrogen and oxygen atoms in total. The Morgan fingerprint density at radius 1 is 1.36 bits per heavy atom. The Kier molecular flexibility index (Phi) is 2.00. The first-order valence-electron chi connectivity index (χ1n) is 5.20. The van der Waals surface area contributed by atoms with Gasteiger partial charge in [-0.15, -0.1) is 0 Å². The van der Waals surface area contributed by atoms with Gasteiger partial charge in [-0.2, -0.15) is 0 Å².